The van der Waals surface area contributed by atoms with E-state index < -0.39 is 35.0 Å². The predicted octanol–water partition coefficient (Wildman–Crippen LogP) is 0.354. The number of hydrogen-bond donors (Lipinski definition) is 4. The number of methoxy groups -OCH3 is 1. The van der Waals surface area contributed by atoms with E-state index in [0.717, 1.165) is 22.9 Å². The monoisotopic (exact) mass is 421 g/mol. The lowest BCUT2D eigenvalue weighted by molar-refractivity contribution is -0.0910. The van der Waals surface area contributed by atoms with Crippen LogP contribution in [-0.4, -0.2) is 74.1 Å². The number of aromatic nitrogens is 1. The Morgan fingerprint density at radius 1 is 1.10 bits per heavy atom. The van der Waals surface area contributed by atoms with Crippen molar-refractivity contribution in [3.63, 3.8) is 0 Å². The minimum atomic E-state index is -1.43. The van der Waals surface area contributed by atoms with Gasteiger partial charge in [0.15, 0.2) is 5.44 Å². The van der Waals surface area contributed by atoms with Crippen LogP contribution in [0.3, 0.4) is 0 Å². The second kappa shape index (κ2) is 9.55. The molecule has 0 aliphatic carbocycles. The van der Waals surface area contributed by atoms with Gasteiger partial charge in [-0.2, -0.15) is 0 Å². The molecule has 1 aromatic carbocycles. The summed E-state index contributed by atoms with van der Waals surface area (Å²) in [4.78, 5) is 15.6. The highest BCUT2D eigenvalue weighted by Crippen LogP contribution is 2.35. The van der Waals surface area contributed by atoms with Crippen molar-refractivity contribution in [1.29, 1.82) is 0 Å². The third-order valence-corrected chi connectivity index (χ3v) is 6.15. The largest absolute Gasteiger partial charge is 0.475 e. The number of carbonyl (C=O) groups excluding carboxylic acids is 1. The van der Waals surface area contributed by atoms with Crippen molar-refractivity contribution in [2.75, 3.05) is 13.7 Å². The van der Waals surface area contributed by atoms with Gasteiger partial charge in [-0.3, -0.25) is 4.98 Å². The Kier molecular flexibility index (Phi) is 7.09. The molecule has 8 nitrogen and oxygen atoms in total. The number of aliphatic hydroxyl groups is 4. The molecule has 0 saturated carbocycles. The number of rotatable bonds is 6. The molecular weight excluding hydrogens is 398 g/mol. The lowest BCUT2D eigenvalue weighted by atomic mass is 10.0. The second-order valence-corrected chi connectivity index (χ2v) is 8.01. The fraction of sp³-hybridized carbons (Fsp3) is 0.400. The van der Waals surface area contributed by atoms with E-state index in [4.69, 9.17) is 9.47 Å². The summed E-state index contributed by atoms with van der Waals surface area (Å²) in [5.74, 6) is 0.00773. The van der Waals surface area contributed by atoms with Gasteiger partial charge in [-0.15, -0.1) is 11.8 Å². The summed E-state index contributed by atoms with van der Waals surface area (Å²) in [5, 5.41) is 39.0. The minimum absolute atomic E-state index is 0.359. The first-order valence-electron chi connectivity index (χ1n) is 9.02. The van der Waals surface area contributed by atoms with E-state index in [-0.39, 0.29) is 6.61 Å². The predicted molar refractivity (Wildman–Crippen MR) is 106 cm³/mol. The molecule has 0 radical (unpaired) electrons. The van der Waals surface area contributed by atoms with Crippen LogP contribution in [0.25, 0.3) is 0 Å². The van der Waals surface area contributed by atoms with E-state index in [1.165, 1.54) is 13.3 Å². The molecule has 1 saturated heterocycles. The van der Waals surface area contributed by atoms with E-state index >= 15 is 0 Å². The van der Waals surface area contributed by atoms with Crippen LogP contribution in [-0.2, 0) is 11.2 Å². The Hall–Kier alpha value is -2.17. The number of benzene rings is 1. The number of aliphatic hydroxyl groups excluding tert-OH is 4. The smallest absolute Gasteiger partial charge is 0.337 e. The summed E-state index contributed by atoms with van der Waals surface area (Å²) >= 11 is 1.06. The molecule has 2 aromatic rings. The first kappa shape index (κ1) is 21.5. The minimum Gasteiger partial charge on any atom is -0.475 e. The van der Waals surface area contributed by atoms with Crippen molar-refractivity contribution in [2.24, 2.45) is 0 Å². The van der Waals surface area contributed by atoms with Gasteiger partial charge in [0.2, 0.25) is 0 Å². The van der Waals surface area contributed by atoms with Gasteiger partial charge in [-0.05, 0) is 23.8 Å². The molecule has 9 heteroatoms. The van der Waals surface area contributed by atoms with Crippen molar-refractivity contribution < 1.29 is 34.7 Å². The first-order chi connectivity index (χ1) is 13.9. The normalized spacial score (nSPS) is 26.7. The average Bonchev–Trinajstić information content (AvgIpc) is 2.75. The maximum atomic E-state index is 11.6. The fourth-order valence-corrected chi connectivity index (χ4v) is 4.28. The molecule has 2 heterocycles. The Morgan fingerprint density at radius 2 is 1.83 bits per heavy atom. The van der Waals surface area contributed by atoms with Crippen LogP contribution in [0, 0.1) is 0 Å². The summed E-state index contributed by atoms with van der Waals surface area (Å²) in [6.07, 6.45) is -0.390. The molecule has 29 heavy (non-hydrogen) atoms. The number of hydrogen-bond acceptors (Lipinski definition) is 9. The third-order valence-electron chi connectivity index (χ3n) is 4.73. The summed E-state index contributed by atoms with van der Waals surface area (Å²) < 4.78 is 10.6. The van der Waals surface area contributed by atoms with Crippen LogP contribution in [0.5, 0.6) is 5.75 Å². The lowest BCUT2D eigenvalue weighted by Gasteiger charge is -2.39. The standard InChI is InChI=1S/C20H23NO7S/c1-27-19(26)12-4-2-11(3-5-12)8-13-6-7-21-9-14(13)28-20-18(25)17(24)16(23)15(10-22)29-20/h2-7,9,15-18,20,22-25H,8,10H2,1H3/t15-,16-,17+,18-,20-/m1/s1. The van der Waals surface area contributed by atoms with E-state index in [9.17, 15) is 25.2 Å². The van der Waals surface area contributed by atoms with Crippen molar-refractivity contribution >= 4 is 17.7 Å². The summed E-state index contributed by atoms with van der Waals surface area (Å²) in [6, 6.07) is 8.74. The molecule has 0 unspecified atom stereocenters. The van der Waals surface area contributed by atoms with E-state index in [2.05, 4.69) is 4.98 Å². The van der Waals surface area contributed by atoms with Gasteiger partial charge in [0.1, 0.15) is 18.0 Å². The molecule has 1 fully saturated rings. The number of esters is 1. The Balaban J connectivity index is 1.76. The van der Waals surface area contributed by atoms with Crippen molar-refractivity contribution in [3.8, 4) is 5.75 Å². The summed E-state index contributed by atoms with van der Waals surface area (Å²) in [6.45, 7) is -0.359. The topological polar surface area (TPSA) is 129 Å². The molecule has 1 aliphatic heterocycles. The molecular formula is C20H23NO7S. The first-order valence-corrected chi connectivity index (χ1v) is 9.96. The molecule has 0 amide bonds. The van der Waals surface area contributed by atoms with E-state index in [1.807, 2.05) is 12.1 Å². The van der Waals surface area contributed by atoms with E-state index in [0.29, 0.717) is 17.7 Å². The molecule has 3 rings (SSSR count). The van der Waals surface area contributed by atoms with Gasteiger partial charge in [-0.1, -0.05) is 12.1 Å². The van der Waals surface area contributed by atoms with Crippen LogP contribution in [0.15, 0.2) is 42.7 Å². The van der Waals surface area contributed by atoms with Crippen molar-refractivity contribution in [3.05, 3.63) is 59.4 Å². The van der Waals surface area contributed by atoms with Crippen molar-refractivity contribution in [2.45, 2.75) is 35.4 Å². The molecule has 5 atom stereocenters. The lowest BCUT2D eigenvalue weighted by Crippen LogP contribution is -2.55. The molecule has 4 N–H and O–H groups in total. The zero-order chi connectivity index (χ0) is 21.0. The Morgan fingerprint density at radius 3 is 2.48 bits per heavy atom. The molecule has 0 spiro atoms. The highest BCUT2D eigenvalue weighted by molar-refractivity contribution is 8.00. The molecule has 1 aromatic heterocycles. The number of pyridine rings is 1. The van der Waals surface area contributed by atoms with Gasteiger partial charge < -0.3 is 29.9 Å². The van der Waals surface area contributed by atoms with Crippen LogP contribution >= 0.6 is 11.8 Å². The summed E-state index contributed by atoms with van der Waals surface area (Å²) in [7, 11) is 1.33. The van der Waals surface area contributed by atoms with Gasteiger partial charge in [0.05, 0.1) is 36.8 Å². The zero-order valence-corrected chi connectivity index (χ0v) is 16.5. The maximum Gasteiger partial charge on any atom is 0.337 e. The number of nitrogens with zero attached hydrogens (tertiary/aromatic N) is 1. The van der Waals surface area contributed by atoms with Gasteiger partial charge in [0.25, 0.3) is 0 Å². The van der Waals surface area contributed by atoms with Gasteiger partial charge >= 0.3 is 5.97 Å². The van der Waals surface area contributed by atoms with Crippen LogP contribution in [0.2, 0.25) is 0 Å². The maximum absolute atomic E-state index is 11.6. The Bertz CT molecular complexity index is 830. The molecule has 156 valence electrons. The van der Waals surface area contributed by atoms with Crippen LogP contribution in [0.1, 0.15) is 21.5 Å². The highest BCUT2D eigenvalue weighted by Gasteiger charge is 2.44. The Labute approximate surface area is 172 Å². The SMILES string of the molecule is COC(=O)c1ccc(Cc2ccncc2O[C@@H]2S[C@H](CO)[C@@H](O)[C@H](O)[C@H]2O)cc1. The zero-order valence-electron chi connectivity index (χ0n) is 15.7. The average molecular weight is 421 g/mol. The quantitative estimate of drug-likeness (QED) is 0.488. The van der Waals surface area contributed by atoms with E-state index in [1.54, 1.807) is 24.4 Å². The van der Waals surface area contributed by atoms with Crippen LogP contribution in [0.4, 0.5) is 0 Å². The highest BCUT2D eigenvalue weighted by atomic mass is 32.2. The number of ether oxygens (including phenoxy) is 2. The number of thioether (sulfide) groups is 1. The summed E-state index contributed by atoms with van der Waals surface area (Å²) in [5.41, 5.74) is 1.29. The third kappa shape index (κ3) is 4.88. The molecule has 0 bridgehead atoms. The van der Waals surface area contributed by atoms with Gasteiger partial charge in [-0.25, -0.2) is 4.79 Å². The second-order valence-electron chi connectivity index (χ2n) is 6.66. The van der Waals surface area contributed by atoms with Gasteiger partial charge in [0, 0.05) is 18.2 Å². The number of carbonyl (C=O) groups is 1. The molecule has 1 aliphatic rings. The van der Waals surface area contributed by atoms with Crippen LogP contribution < -0.4 is 4.74 Å². The van der Waals surface area contributed by atoms with Crippen molar-refractivity contribution in [1.82, 2.24) is 4.98 Å². The fourth-order valence-electron chi connectivity index (χ4n) is 3.05.